The summed E-state index contributed by atoms with van der Waals surface area (Å²) in [6, 6.07) is 4.75. The number of hydrogen-bond acceptors (Lipinski definition) is 3. The first-order chi connectivity index (χ1) is 9.03. The summed E-state index contributed by atoms with van der Waals surface area (Å²) in [6.45, 7) is 0.376. The Morgan fingerprint density at radius 1 is 1.37 bits per heavy atom. The van der Waals surface area contributed by atoms with Crippen LogP contribution in [0.1, 0.15) is 31.2 Å². The molecule has 0 aliphatic heterocycles. The average Bonchev–Trinajstić information content (AvgIpc) is 3.18. The van der Waals surface area contributed by atoms with Crippen molar-refractivity contribution in [3.63, 3.8) is 0 Å². The van der Waals surface area contributed by atoms with E-state index in [4.69, 9.17) is 5.11 Å². The minimum atomic E-state index is -3.47. The lowest BCUT2D eigenvalue weighted by atomic mass is 10.2. The Morgan fingerprint density at radius 3 is 2.68 bits per heavy atom. The van der Waals surface area contributed by atoms with Crippen molar-refractivity contribution >= 4 is 26.0 Å². The molecule has 19 heavy (non-hydrogen) atoms. The van der Waals surface area contributed by atoms with Crippen LogP contribution >= 0.6 is 15.9 Å². The van der Waals surface area contributed by atoms with Crippen molar-refractivity contribution in [3.8, 4) is 0 Å². The van der Waals surface area contributed by atoms with Crippen LogP contribution in [0.2, 0.25) is 0 Å². The third-order valence-corrected chi connectivity index (χ3v) is 5.68. The van der Waals surface area contributed by atoms with Crippen LogP contribution in [-0.4, -0.2) is 20.1 Å². The van der Waals surface area contributed by atoms with Crippen molar-refractivity contribution in [1.29, 1.82) is 0 Å². The summed E-state index contributed by atoms with van der Waals surface area (Å²) in [6.07, 6.45) is 4.57. The quantitative estimate of drug-likeness (QED) is 0.744. The van der Waals surface area contributed by atoms with E-state index in [1.807, 2.05) is 0 Å². The summed E-state index contributed by atoms with van der Waals surface area (Å²) in [4.78, 5) is 0.219. The van der Waals surface area contributed by atoms with Gasteiger partial charge in [-0.25, -0.2) is 13.1 Å². The molecule has 0 radical (unpaired) electrons. The zero-order valence-corrected chi connectivity index (χ0v) is 13.0. The van der Waals surface area contributed by atoms with Crippen molar-refractivity contribution in [2.75, 3.05) is 6.54 Å². The maximum Gasteiger partial charge on any atom is 0.241 e. The number of nitrogens with one attached hydrogen (secondary N) is 1. The van der Waals surface area contributed by atoms with E-state index < -0.39 is 10.0 Å². The number of rotatable bonds is 7. The number of aliphatic hydroxyl groups excluding tert-OH is 1. The van der Waals surface area contributed by atoms with Gasteiger partial charge >= 0.3 is 0 Å². The van der Waals surface area contributed by atoms with Gasteiger partial charge in [0.2, 0.25) is 10.0 Å². The second kappa shape index (κ2) is 6.35. The fourth-order valence-corrected chi connectivity index (χ4v) is 4.14. The SMILES string of the molecule is O=S(=O)(NCCCC1CC1)c1ccc(CO)cc1Br. The fourth-order valence-electron chi connectivity index (χ4n) is 1.94. The van der Waals surface area contributed by atoms with Crippen molar-refractivity contribution in [3.05, 3.63) is 28.2 Å². The Morgan fingerprint density at radius 2 is 2.11 bits per heavy atom. The second-order valence-electron chi connectivity index (χ2n) is 4.91. The lowest BCUT2D eigenvalue weighted by molar-refractivity contribution is 0.281. The molecule has 0 amide bonds. The Kier molecular flexibility index (Phi) is 5.00. The smallest absolute Gasteiger partial charge is 0.241 e. The minimum absolute atomic E-state index is 0.103. The van der Waals surface area contributed by atoms with Gasteiger partial charge in [-0.15, -0.1) is 0 Å². The second-order valence-corrected chi connectivity index (χ2v) is 7.50. The molecule has 2 N–H and O–H groups in total. The largest absolute Gasteiger partial charge is 0.392 e. The Hall–Kier alpha value is -0.430. The molecule has 1 fully saturated rings. The van der Waals surface area contributed by atoms with Crippen LogP contribution in [0.5, 0.6) is 0 Å². The van der Waals surface area contributed by atoms with Gasteiger partial charge in [-0.2, -0.15) is 0 Å². The summed E-state index contributed by atoms with van der Waals surface area (Å²) in [7, 11) is -3.47. The standard InChI is InChI=1S/C13H18BrNO3S/c14-12-8-11(9-16)5-6-13(12)19(17,18)15-7-1-2-10-3-4-10/h5-6,8,10,15-16H,1-4,7,9H2. The normalized spacial score (nSPS) is 15.7. The van der Waals surface area contributed by atoms with Gasteiger partial charge in [0.15, 0.2) is 0 Å². The molecule has 0 spiro atoms. The minimum Gasteiger partial charge on any atom is -0.392 e. The highest BCUT2D eigenvalue weighted by molar-refractivity contribution is 9.10. The highest BCUT2D eigenvalue weighted by atomic mass is 79.9. The van der Waals surface area contributed by atoms with E-state index >= 15 is 0 Å². The summed E-state index contributed by atoms with van der Waals surface area (Å²) in [5.41, 5.74) is 0.680. The molecule has 0 saturated heterocycles. The van der Waals surface area contributed by atoms with Crippen molar-refractivity contribution in [2.45, 2.75) is 37.2 Å². The molecule has 2 rings (SSSR count). The predicted molar refractivity (Wildman–Crippen MR) is 77.2 cm³/mol. The number of benzene rings is 1. The van der Waals surface area contributed by atoms with E-state index in [1.54, 1.807) is 12.1 Å². The molecule has 1 aliphatic carbocycles. The Bertz CT molecular complexity index is 541. The van der Waals surface area contributed by atoms with E-state index in [0.29, 0.717) is 16.6 Å². The molecule has 6 heteroatoms. The Balaban J connectivity index is 1.97. The molecular formula is C13H18BrNO3S. The van der Waals surface area contributed by atoms with Crippen molar-refractivity contribution in [1.82, 2.24) is 4.72 Å². The van der Waals surface area contributed by atoms with Crippen LogP contribution in [0, 0.1) is 5.92 Å². The maximum atomic E-state index is 12.1. The highest BCUT2D eigenvalue weighted by Gasteiger charge is 2.21. The molecule has 1 aromatic carbocycles. The number of sulfonamides is 1. The fraction of sp³-hybridized carbons (Fsp3) is 0.538. The average molecular weight is 348 g/mol. The molecule has 4 nitrogen and oxygen atoms in total. The molecule has 0 atom stereocenters. The third-order valence-electron chi connectivity index (χ3n) is 3.25. The number of halogens is 1. The van der Waals surface area contributed by atoms with Crippen molar-refractivity contribution < 1.29 is 13.5 Å². The predicted octanol–water partition coefficient (Wildman–Crippen LogP) is 2.41. The van der Waals surface area contributed by atoms with E-state index in [-0.39, 0.29) is 11.5 Å². The molecular weight excluding hydrogens is 330 g/mol. The van der Waals surface area contributed by atoms with E-state index in [2.05, 4.69) is 20.7 Å². The third kappa shape index (κ3) is 4.27. The van der Waals surface area contributed by atoms with Gasteiger partial charge in [-0.3, -0.25) is 0 Å². The summed E-state index contributed by atoms with van der Waals surface area (Å²) < 4.78 is 27.3. The summed E-state index contributed by atoms with van der Waals surface area (Å²) in [5.74, 6) is 0.820. The molecule has 1 aliphatic rings. The van der Waals surface area contributed by atoms with Crippen LogP contribution in [-0.2, 0) is 16.6 Å². The molecule has 0 aromatic heterocycles. The monoisotopic (exact) mass is 347 g/mol. The first kappa shape index (κ1) is 15.0. The van der Waals surface area contributed by atoms with Crippen LogP contribution in [0.25, 0.3) is 0 Å². The lowest BCUT2D eigenvalue weighted by Crippen LogP contribution is -2.25. The topological polar surface area (TPSA) is 66.4 Å². The van der Waals surface area contributed by atoms with Gasteiger partial charge in [0, 0.05) is 11.0 Å². The van der Waals surface area contributed by atoms with Gasteiger partial charge in [0.25, 0.3) is 0 Å². The van der Waals surface area contributed by atoms with Crippen LogP contribution in [0.3, 0.4) is 0 Å². The van der Waals surface area contributed by atoms with Gasteiger partial charge in [-0.1, -0.05) is 18.9 Å². The number of aliphatic hydroxyl groups is 1. The zero-order valence-electron chi connectivity index (χ0n) is 10.6. The first-order valence-electron chi connectivity index (χ1n) is 6.42. The summed E-state index contributed by atoms with van der Waals surface area (Å²) in [5, 5.41) is 9.00. The molecule has 0 bridgehead atoms. The van der Waals surface area contributed by atoms with E-state index in [0.717, 1.165) is 18.8 Å². The zero-order chi connectivity index (χ0) is 13.9. The van der Waals surface area contributed by atoms with Gasteiger partial charge in [0.1, 0.15) is 0 Å². The molecule has 1 aromatic rings. The first-order valence-corrected chi connectivity index (χ1v) is 8.69. The maximum absolute atomic E-state index is 12.1. The molecule has 1 saturated carbocycles. The van der Waals surface area contributed by atoms with Crippen molar-refractivity contribution in [2.24, 2.45) is 5.92 Å². The molecule has 0 heterocycles. The molecule has 106 valence electrons. The lowest BCUT2D eigenvalue weighted by Gasteiger charge is -2.09. The Labute approximate surface area is 122 Å². The highest BCUT2D eigenvalue weighted by Crippen LogP contribution is 2.33. The number of hydrogen-bond donors (Lipinski definition) is 2. The van der Waals surface area contributed by atoms with Gasteiger partial charge < -0.3 is 5.11 Å². The van der Waals surface area contributed by atoms with Crippen LogP contribution in [0.4, 0.5) is 0 Å². The van der Waals surface area contributed by atoms with E-state index in [1.165, 1.54) is 18.9 Å². The van der Waals surface area contributed by atoms with Gasteiger partial charge in [-0.05, 0) is 52.4 Å². The summed E-state index contributed by atoms with van der Waals surface area (Å²) >= 11 is 3.24. The van der Waals surface area contributed by atoms with Gasteiger partial charge in [0.05, 0.1) is 11.5 Å². The van der Waals surface area contributed by atoms with Crippen LogP contribution in [0.15, 0.2) is 27.6 Å². The van der Waals surface area contributed by atoms with Crippen LogP contribution < -0.4 is 4.72 Å². The van der Waals surface area contributed by atoms with E-state index in [9.17, 15) is 8.42 Å². The molecule has 0 unspecified atom stereocenters.